The summed E-state index contributed by atoms with van der Waals surface area (Å²) in [6.45, 7) is 0. The zero-order valence-electron chi connectivity index (χ0n) is 12.8. The van der Waals surface area contributed by atoms with Crippen molar-refractivity contribution in [3.05, 3.63) is 83.9 Å². The van der Waals surface area contributed by atoms with Crippen molar-refractivity contribution >= 4 is 21.5 Å². The lowest BCUT2D eigenvalue weighted by Crippen LogP contribution is -1.84. The number of phenolic OH excluding ortho intramolecular Hbond substituents is 2. The maximum Gasteiger partial charge on any atom is 0.131 e. The van der Waals surface area contributed by atoms with Crippen LogP contribution in [0.1, 0.15) is 11.1 Å². The first-order chi connectivity index (χ1) is 11.7. The van der Waals surface area contributed by atoms with Crippen LogP contribution in [-0.2, 0) is 0 Å². The summed E-state index contributed by atoms with van der Waals surface area (Å²) in [6, 6.07) is 22.6. The molecule has 24 heavy (non-hydrogen) atoms. The molecule has 0 fully saturated rings. The molecule has 0 atom stereocenters. The lowest BCUT2D eigenvalue weighted by atomic mass is 10.0. The van der Waals surface area contributed by atoms with Crippen molar-refractivity contribution in [2.45, 2.75) is 0 Å². The molecule has 2 nitrogen and oxygen atoms in total. The van der Waals surface area contributed by atoms with E-state index < -0.39 is 0 Å². The molecule has 0 bridgehead atoms. The van der Waals surface area contributed by atoms with Crippen LogP contribution < -0.4 is 0 Å². The highest BCUT2D eigenvalue weighted by Gasteiger charge is 2.06. The van der Waals surface area contributed by atoms with E-state index in [0.717, 1.165) is 21.5 Å². The topological polar surface area (TPSA) is 40.5 Å². The minimum absolute atomic E-state index is 0.140. The van der Waals surface area contributed by atoms with Crippen LogP contribution in [-0.4, -0.2) is 10.2 Å². The van der Waals surface area contributed by atoms with Crippen molar-refractivity contribution in [3.8, 4) is 23.3 Å². The zero-order chi connectivity index (χ0) is 16.5. The van der Waals surface area contributed by atoms with Gasteiger partial charge in [0.15, 0.2) is 0 Å². The monoisotopic (exact) mass is 310 g/mol. The third-order valence-electron chi connectivity index (χ3n) is 4.13. The van der Waals surface area contributed by atoms with Crippen LogP contribution in [0.25, 0.3) is 21.5 Å². The van der Waals surface area contributed by atoms with E-state index in [2.05, 4.69) is 11.8 Å². The number of rotatable bonds is 0. The van der Waals surface area contributed by atoms with Crippen molar-refractivity contribution in [1.29, 1.82) is 0 Å². The smallest absolute Gasteiger partial charge is 0.131 e. The number of fused-ring (bicyclic) bond motifs is 2. The molecule has 4 aromatic carbocycles. The molecular weight excluding hydrogens is 296 g/mol. The van der Waals surface area contributed by atoms with Gasteiger partial charge in [0.2, 0.25) is 0 Å². The summed E-state index contributed by atoms with van der Waals surface area (Å²) in [5.41, 5.74) is 1.14. The Bertz CT molecular complexity index is 1040. The Morgan fingerprint density at radius 3 is 1.38 bits per heavy atom. The van der Waals surface area contributed by atoms with Crippen molar-refractivity contribution in [3.63, 3.8) is 0 Å². The van der Waals surface area contributed by atoms with Gasteiger partial charge in [0.25, 0.3) is 0 Å². The Labute approximate surface area is 139 Å². The normalized spacial score (nSPS) is 10.5. The lowest BCUT2D eigenvalue weighted by molar-refractivity contribution is 0.473. The lowest BCUT2D eigenvalue weighted by Gasteiger charge is -2.05. The van der Waals surface area contributed by atoms with Gasteiger partial charge >= 0.3 is 0 Å². The minimum atomic E-state index is 0.140. The molecule has 0 saturated heterocycles. The summed E-state index contributed by atoms with van der Waals surface area (Å²) in [5, 5.41) is 24.2. The molecule has 0 aliphatic carbocycles. The van der Waals surface area contributed by atoms with Gasteiger partial charge < -0.3 is 10.2 Å². The van der Waals surface area contributed by atoms with Crippen LogP contribution >= 0.6 is 0 Å². The van der Waals surface area contributed by atoms with Gasteiger partial charge in [-0.2, -0.15) is 0 Å². The fourth-order valence-corrected chi connectivity index (χ4v) is 2.91. The Morgan fingerprint density at radius 2 is 0.917 bits per heavy atom. The van der Waals surface area contributed by atoms with Crippen molar-refractivity contribution < 1.29 is 10.2 Å². The molecule has 0 unspecified atom stereocenters. The van der Waals surface area contributed by atoms with E-state index in [1.54, 1.807) is 12.1 Å². The van der Waals surface area contributed by atoms with Gasteiger partial charge in [0, 0.05) is 10.8 Å². The first-order valence-electron chi connectivity index (χ1n) is 7.67. The van der Waals surface area contributed by atoms with Crippen molar-refractivity contribution in [2.24, 2.45) is 0 Å². The summed E-state index contributed by atoms with van der Waals surface area (Å²) >= 11 is 0. The molecular formula is C22H14O2. The third-order valence-corrected chi connectivity index (χ3v) is 4.13. The molecule has 0 radical (unpaired) electrons. The molecule has 2 heteroatoms. The molecule has 0 spiro atoms. The van der Waals surface area contributed by atoms with E-state index in [9.17, 15) is 10.2 Å². The van der Waals surface area contributed by atoms with Crippen molar-refractivity contribution in [1.82, 2.24) is 0 Å². The molecule has 0 aromatic heterocycles. The second kappa shape index (κ2) is 5.64. The average Bonchev–Trinajstić information content (AvgIpc) is 2.62. The fourth-order valence-electron chi connectivity index (χ4n) is 2.91. The maximum absolute atomic E-state index is 10.2. The summed E-state index contributed by atoms with van der Waals surface area (Å²) in [4.78, 5) is 0. The SMILES string of the molecule is Oc1ccc2ccccc2c1C#Cc1c(O)ccc2ccccc12. The van der Waals surface area contributed by atoms with Gasteiger partial charge in [-0.3, -0.25) is 0 Å². The Balaban J connectivity index is 1.96. The maximum atomic E-state index is 10.2. The van der Waals surface area contributed by atoms with Gasteiger partial charge in [0.1, 0.15) is 11.5 Å². The molecule has 4 aromatic rings. The molecule has 0 heterocycles. The van der Waals surface area contributed by atoms with Crippen LogP contribution in [0.3, 0.4) is 0 Å². The average molecular weight is 310 g/mol. The third kappa shape index (κ3) is 2.33. The van der Waals surface area contributed by atoms with Gasteiger partial charge in [0.05, 0.1) is 11.1 Å². The molecule has 114 valence electrons. The minimum Gasteiger partial charge on any atom is -0.507 e. The zero-order valence-corrected chi connectivity index (χ0v) is 12.8. The Morgan fingerprint density at radius 1 is 0.500 bits per heavy atom. The first-order valence-corrected chi connectivity index (χ1v) is 7.67. The summed E-state index contributed by atoms with van der Waals surface area (Å²) in [5.74, 6) is 6.37. The van der Waals surface area contributed by atoms with Crippen molar-refractivity contribution in [2.75, 3.05) is 0 Å². The number of aromatic hydroxyl groups is 2. The summed E-state index contributed by atoms with van der Waals surface area (Å²) in [7, 11) is 0. The largest absolute Gasteiger partial charge is 0.507 e. The number of phenols is 2. The quantitative estimate of drug-likeness (QED) is 0.458. The predicted molar refractivity (Wildman–Crippen MR) is 97.2 cm³/mol. The summed E-state index contributed by atoms with van der Waals surface area (Å²) in [6.07, 6.45) is 0. The molecule has 0 aliphatic rings. The van der Waals surface area contributed by atoms with Crippen LogP contribution in [0.2, 0.25) is 0 Å². The van der Waals surface area contributed by atoms with Gasteiger partial charge in [-0.25, -0.2) is 0 Å². The van der Waals surface area contributed by atoms with Crippen LogP contribution in [0.4, 0.5) is 0 Å². The Hall–Kier alpha value is -3.44. The predicted octanol–water partition coefficient (Wildman–Crippen LogP) is 4.80. The summed E-state index contributed by atoms with van der Waals surface area (Å²) < 4.78 is 0. The van der Waals surface area contributed by atoms with E-state index in [1.165, 1.54) is 0 Å². The highest BCUT2D eigenvalue weighted by atomic mass is 16.3. The van der Waals surface area contributed by atoms with Gasteiger partial charge in [-0.15, -0.1) is 0 Å². The number of hydrogen-bond acceptors (Lipinski definition) is 2. The highest BCUT2D eigenvalue weighted by Crippen LogP contribution is 2.28. The molecule has 4 rings (SSSR count). The highest BCUT2D eigenvalue weighted by molar-refractivity contribution is 5.93. The van der Waals surface area contributed by atoms with Gasteiger partial charge in [-0.05, 0) is 22.9 Å². The van der Waals surface area contributed by atoms with E-state index in [4.69, 9.17) is 0 Å². The van der Waals surface area contributed by atoms with E-state index in [-0.39, 0.29) is 11.5 Å². The van der Waals surface area contributed by atoms with Crippen LogP contribution in [0.15, 0.2) is 72.8 Å². The van der Waals surface area contributed by atoms with E-state index in [0.29, 0.717) is 11.1 Å². The first kappa shape index (κ1) is 14.2. The fraction of sp³-hybridized carbons (Fsp3) is 0. The van der Waals surface area contributed by atoms with Gasteiger partial charge in [-0.1, -0.05) is 72.5 Å². The Kier molecular flexibility index (Phi) is 3.33. The second-order valence-corrected chi connectivity index (χ2v) is 5.61. The molecule has 0 amide bonds. The molecule has 0 saturated carbocycles. The van der Waals surface area contributed by atoms with Crippen LogP contribution in [0, 0.1) is 11.8 Å². The van der Waals surface area contributed by atoms with E-state index in [1.807, 2.05) is 60.7 Å². The number of benzene rings is 4. The second-order valence-electron chi connectivity index (χ2n) is 5.61. The molecule has 2 N–H and O–H groups in total. The molecule has 0 aliphatic heterocycles. The standard InChI is InChI=1S/C22H14O2/c23-21-13-9-15-5-1-3-7-17(15)19(21)11-12-20-18-8-4-2-6-16(18)10-14-22(20)24/h1-10,13-14,23-24H. The van der Waals surface area contributed by atoms with E-state index >= 15 is 0 Å². The van der Waals surface area contributed by atoms with Crippen LogP contribution in [0.5, 0.6) is 11.5 Å². The number of hydrogen-bond donors (Lipinski definition) is 2.